The maximum absolute atomic E-state index is 11.9. The average Bonchev–Trinajstić information content (AvgIpc) is 2.32. The molecule has 0 aliphatic carbocycles. The second-order valence-corrected chi connectivity index (χ2v) is 3.82. The molecule has 0 aromatic heterocycles. The molecule has 7 nitrogen and oxygen atoms in total. The van der Waals surface area contributed by atoms with Crippen LogP contribution in [0.1, 0.15) is 20.3 Å². The molecule has 0 aromatic rings. The van der Waals surface area contributed by atoms with Crippen molar-refractivity contribution in [2.75, 3.05) is 33.2 Å². The number of hydrogen-bond acceptors (Lipinski definition) is 3. The Hall–Kier alpha value is -1.79. The van der Waals surface area contributed by atoms with Crippen LogP contribution in [0.2, 0.25) is 0 Å². The lowest BCUT2D eigenvalue weighted by Crippen LogP contribution is -2.46. The van der Waals surface area contributed by atoms with E-state index >= 15 is 0 Å². The van der Waals surface area contributed by atoms with E-state index in [1.54, 1.807) is 13.8 Å². The Bertz CT molecular complexity index is 307. The minimum Gasteiger partial charge on any atom is -0.481 e. The van der Waals surface area contributed by atoms with Gasteiger partial charge in [0.05, 0.1) is 6.42 Å². The summed E-state index contributed by atoms with van der Waals surface area (Å²) in [5, 5.41) is 11.1. The molecular formula is C11H21N3O4. The van der Waals surface area contributed by atoms with Crippen LogP contribution in [0.15, 0.2) is 0 Å². The number of carbonyl (C=O) groups is 3. The summed E-state index contributed by atoms with van der Waals surface area (Å²) in [5.74, 6) is -1.18. The molecule has 0 rings (SSSR count). The van der Waals surface area contributed by atoms with Crippen molar-refractivity contribution in [1.29, 1.82) is 0 Å². The van der Waals surface area contributed by atoms with Crippen LogP contribution in [-0.4, -0.2) is 66.0 Å². The van der Waals surface area contributed by atoms with Crippen molar-refractivity contribution >= 4 is 17.9 Å². The van der Waals surface area contributed by atoms with Crippen molar-refractivity contribution in [1.82, 2.24) is 15.1 Å². The SMILES string of the molecule is CCNC(=O)CN(CC)C(=O)N(C)CCC(=O)O. The van der Waals surface area contributed by atoms with Gasteiger partial charge in [-0.3, -0.25) is 9.59 Å². The maximum Gasteiger partial charge on any atom is 0.320 e. The van der Waals surface area contributed by atoms with Crippen molar-refractivity contribution in [2.45, 2.75) is 20.3 Å². The van der Waals surface area contributed by atoms with Crippen LogP contribution >= 0.6 is 0 Å². The molecule has 0 saturated carbocycles. The van der Waals surface area contributed by atoms with Gasteiger partial charge in [0.1, 0.15) is 6.54 Å². The zero-order valence-corrected chi connectivity index (χ0v) is 11.1. The first-order chi connectivity index (χ1) is 8.42. The third-order valence-electron chi connectivity index (χ3n) is 2.35. The monoisotopic (exact) mass is 259 g/mol. The van der Waals surface area contributed by atoms with Gasteiger partial charge in [-0.15, -0.1) is 0 Å². The fourth-order valence-corrected chi connectivity index (χ4v) is 1.34. The number of urea groups is 1. The highest BCUT2D eigenvalue weighted by Gasteiger charge is 2.19. The molecule has 0 aliphatic rings. The average molecular weight is 259 g/mol. The van der Waals surface area contributed by atoms with E-state index in [0.29, 0.717) is 13.1 Å². The summed E-state index contributed by atoms with van der Waals surface area (Å²) in [7, 11) is 1.52. The molecule has 0 fully saturated rings. The molecule has 0 aromatic carbocycles. The largest absolute Gasteiger partial charge is 0.481 e. The molecule has 18 heavy (non-hydrogen) atoms. The number of carboxylic acid groups (broad SMARTS) is 1. The highest BCUT2D eigenvalue weighted by molar-refractivity contribution is 5.84. The van der Waals surface area contributed by atoms with Crippen molar-refractivity contribution in [3.8, 4) is 0 Å². The molecule has 0 bridgehead atoms. The van der Waals surface area contributed by atoms with Gasteiger partial charge in [-0.2, -0.15) is 0 Å². The van der Waals surface area contributed by atoms with Crippen molar-refractivity contribution in [3.05, 3.63) is 0 Å². The van der Waals surface area contributed by atoms with E-state index in [4.69, 9.17) is 5.11 Å². The minimum absolute atomic E-state index is 0.0133. The molecule has 0 saturated heterocycles. The van der Waals surface area contributed by atoms with Gasteiger partial charge >= 0.3 is 12.0 Å². The maximum atomic E-state index is 11.9. The number of amides is 3. The first-order valence-electron chi connectivity index (χ1n) is 5.90. The van der Waals surface area contributed by atoms with Crippen LogP contribution in [0.4, 0.5) is 4.79 Å². The summed E-state index contributed by atoms with van der Waals surface area (Å²) in [4.78, 5) is 36.4. The smallest absolute Gasteiger partial charge is 0.320 e. The van der Waals surface area contributed by atoms with Crippen LogP contribution < -0.4 is 5.32 Å². The van der Waals surface area contributed by atoms with E-state index in [2.05, 4.69) is 5.32 Å². The molecule has 2 N–H and O–H groups in total. The van der Waals surface area contributed by atoms with Crippen LogP contribution in [0.25, 0.3) is 0 Å². The molecule has 104 valence electrons. The molecule has 0 radical (unpaired) electrons. The molecule has 0 unspecified atom stereocenters. The number of nitrogens with zero attached hydrogens (tertiary/aromatic N) is 2. The van der Waals surface area contributed by atoms with E-state index in [0.717, 1.165) is 0 Å². The normalized spacial score (nSPS) is 9.72. The van der Waals surface area contributed by atoms with E-state index in [-0.39, 0.29) is 31.4 Å². The van der Waals surface area contributed by atoms with Gasteiger partial charge in [-0.25, -0.2) is 4.79 Å². The second-order valence-electron chi connectivity index (χ2n) is 3.82. The van der Waals surface area contributed by atoms with Crippen LogP contribution in [0.5, 0.6) is 0 Å². The van der Waals surface area contributed by atoms with E-state index < -0.39 is 5.97 Å². The summed E-state index contributed by atoms with van der Waals surface area (Å²) in [6.07, 6.45) is -0.110. The number of likely N-dealkylation sites (N-methyl/N-ethyl adjacent to an activating group) is 2. The van der Waals surface area contributed by atoms with Gasteiger partial charge in [0.25, 0.3) is 0 Å². The molecule has 7 heteroatoms. The number of hydrogen-bond donors (Lipinski definition) is 2. The van der Waals surface area contributed by atoms with Gasteiger partial charge in [0, 0.05) is 26.7 Å². The Kier molecular flexibility index (Phi) is 7.50. The molecular weight excluding hydrogens is 238 g/mol. The van der Waals surface area contributed by atoms with E-state index in [9.17, 15) is 14.4 Å². The zero-order chi connectivity index (χ0) is 14.1. The molecule has 0 spiro atoms. The summed E-state index contributed by atoms with van der Waals surface area (Å²) in [6.45, 7) is 4.59. The standard InChI is InChI=1S/C11H21N3O4/c1-4-12-9(15)8-14(5-2)11(18)13(3)7-6-10(16)17/h4-8H2,1-3H3,(H,12,15)(H,16,17). The minimum atomic E-state index is -0.957. The van der Waals surface area contributed by atoms with Crippen LogP contribution in [0, 0.1) is 0 Å². The zero-order valence-electron chi connectivity index (χ0n) is 11.1. The lowest BCUT2D eigenvalue weighted by atomic mass is 10.4. The first-order valence-corrected chi connectivity index (χ1v) is 5.90. The quantitative estimate of drug-likeness (QED) is 0.672. The fraction of sp³-hybridized carbons (Fsp3) is 0.727. The lowest BCUT2D eigenvalue weighted by molar-refractivity contribution is -0.137. The Morgan fingerprint density at radius 2 is 1.83 bits per heavy atom. The van der Waals surface area contributed by atoms with Crippen LogP contribution in [-0.2, 0) is 9.59 Å². The van der Waals surface area contributed by atoms with E-state index in [1.165, 1.54) is 16.8 Å². The van der Waals surface area contributed by atoms with E-state index in [1.807, 2.05) is 0 Å². The number of carbonyl (C=O) groups excluding carboxylic acids is 2. The Labute approximate surface area is 107 Å². The lowest BCUT2D eigenvalue weighted by Gasteiger charge is -2.26. The third kappa shape index (κ3) is 6.07. The Morgan fingerprint density at radius 1 is 1.22 bits per heavy atom. The Morgan fingerprint density at radius 3 is 2.28 bits per heavy atom. The molecule has 0 atom stereocenters. The first kappa shape index (κ1) is 16.2. The molecule has 3 amide bonds. The van der Waals surface area contributed by atoms with Crippen LogP contribution in [0.3, 0.4) is 0 Å². The summed E-state index contributed by atoms with van der Waals surface area (Å²) < 4.78 is 0. The van der Waals surface area contributed by atoms with Crippen molar-refractivity contribution in [3.63, 3.8) is 0 Å². The fourth-order valence-electron chi connectivity index (χ4n) is 1.34. The molecule has 0 heterocycles. The van der Waals surface area contributed by atoms with Crippen molar-refractivity contribution < 1.29 is 19.5 Å². The predicted molar refractivity (Wildman–Crippen MR) is 66.2 cm³/mol. The molecule has 0 aliphatic heterocycles. The topological polar surface area (TPSA) is 90.0 Å². The van der Waals surface area contributed by atoms with Gasteiger partial charge in [-0.1, -0.05) is 0 Å². The second kappa shape index (κ2) is 8.32. The van der Waals surface area contributed by atoms with Gasteiger partial charge in [0.2, 0.25) is 5.91 Å². The summed E-state index contributed by atoms with van der Waals surface area (Å²) >= 11 is 0. The van der Waals surface area contributed by atoms with Gasteiger partial charge < -0.3 is 20.2 Å². The number of nitrogens with one attached hydrogen (secondary N) is 1. The summed E-state index contributed by atoms with van der Waals surface area (Å²) in [6, 6.07) is -0.343. The third-order valence-corrected chi connectivity index (χ3v) is 2.35. The Balaban J connectivity index is 4.32. The van der Waals surface area contributed by atoms with Gasteiger partial charge in [-0.05, 0) is 13.8 Å². The number of aliphatic carboxylic acids is 1. The highest BCUT2D eigenvalue weighted by atomic mass is 16.4. The highest BCUT2D eigenvalue weighted by Crippen LogP contribution is 1.98. The predicted octanol–water partition coefficient (Wildman–Crippen LogP) is -0.0291. The number of carboxylic acids is 1. The van der Waals surface area contributed by atoms with Crippen molar-refractivity contribution in [2.24, 2.45) is 0 Å². The van der Waals surface area contributed by atoms with Gasteiger partial charge in [0.15, 0.2) is 0 Å². The number of rotatable bonds is 7. The summed E-state index contributed by atoms with van der Waals surface area (Å²) in [5.41, 5.74) is 0.